The number of nitrogens with zero attached hydrogens (tertiary/aromatic N) is 1. The van der Waals surface area contributed by atoms with Gasteiger partial charge in [0, 0.05) is 48.8 Å². The molecule has 4 heterocycles. The molecule has 246 valence electrons. The predicted molar refractivity (Wildman–Crippen MR) is 209 cm³/mol. The number of nitrogens with one attached hydrogen (secondary N) is 1. The Kier molecular flexibility index (Phi) is 6.07. The second-order valence-electron chi connectivity index (χ2n) is 17.5. The number of fused-ring (bicyclic) bond motifs is 9. The number of aromatic nitrogens is 2. The Morgan fingerprint density at radius 3 is 1.82 bits per heavy atom. The molecule has 1 N–H and O–H groups in total. The van der Waals surface area contributed by atoms with Gasteiger partial charge in [0.15, 0.2) is 0 Å². The summed E-state index contributed by atoms with van der Waals surface area (Å²) in [5, 5.41) is 7.65. The zero-order valence-electron chi connectivity index (χ0n) is 30.4. The number of hydrogen-bond donors (Lipinski definition) is 1. The topological polar surface area (TPSA) is 38.7 Å². The van der Waals surface area contributed by atoms with Gasteiger partial charge in [0.25, 0.3) is 0 Å². The van der Waals surface area contributed by atoms with Crippen molar-refractivity contribution in [3.8, 4) is 11.1 Å². The first-order valence-electron chi connectivity index (χ1n) is 17.7. The fourth-order valence-corrected chi connectivity index (χ4v) is 7.92. The third kappa shape index (κ3) is 4.38. The predicted octanol–water partition coefficient (Wildman–Crippen LogP) is 11.0. The molecule has 0 saturated carbocycles. The number of rotatable bonds is 2. The molecule has 9 rings (SSSR count). The van der Waals surface area contributed by atoms with Gasteiger partial charge in [0.05, 0.1) is 27.8 Å². The quantitative estimate of drug-likeness (QED) is 0.190. The van der Waals surface area contributed by atoms with Gasteiger partial charge in [-0.2, -0.15) is 0 Å². The van der Waals surface area contributed by atoms with Gasteiger partial charge in [-0.15, -0.1) is 0 Å². The maximum Gasteiger partial charge on any atom is 0.497 e. The highest BCUT2D eigenvalue weighted by Gasteiger charge is 2.52. The van der Waals surface area contributed by atoms with Crippen LogP contribution >= 0.6 is 0 Å². The molecular weight excluding hydrogens is 599 g/mol. The normalized spacial score (nSPS) is 16.9. The van der Waals surface area contributed by atoms with Crippen LogP contribution in [0.2, 0.25) is 0 Å². The fraction of sp³-hybridized carbons (Fsp3) is 0.318. The lowest BCUT2D eigenvalue weighted by molar-refractivity contribution is 0.00578. The van der Waals surface area contributed by atoms with Crippen LogP contribution in [0.15, 0.2) is 84.9 Å². The molecule has 5 heteroatoms. The van der Waals surface area contributed by atoms with E-state index in [9.17, 15) is 0 Å². The van der Waals surface area contributed by atoms with Gasteiger partial charge < -0.3 is 18.7 Å². The van der Waals surface area contributed by atoms with Crippen LogP contribution in [-0.2, 0) is 20.1 Å². The van der Waals surface area contributed by atoms with Gasteiger partial charge in [-0.05, 0) is 103 Å². The molecule has 1 aliphatic heterocycles. The zero-order chi connectivity index (χ0) is 34.4. The van der Waals surface area contributed by atoms with E-state index in [1.54, 1.807) is 0 Å². The third-order valence-electron chi connectivity index (χ3n) is 11.6. The number of hydrogen-bond acceptors (Lipinski definition) is 2. The molecular formula is C44H45BN2O2. The Balaban J connectivity index is 1.39. The SMILES string of the molecule is CC(C)(C)c1ccc2c(c1)c1cc(C(C)(C)C)cc3c4cc5c(cc4n2c13)[nH]c1c(B2OC(C)(C)C(C)(C)O2)cc(-c2ccccc2)cc15. The number of benzene rings is 5. The minimum Gasteiger partial charge on any atom is -0.399 e. The van der Waals surface area contributed by atoms with E-state index in [-0.39, 0.29) is 10.8 Å². The molecule has 0 atom stereocenters. The van der Waals surface area contributed by atoms with E-state index >= 15 is 0 Å². The van der Waals surface area contributed by atoms with Crippen LogP contribution in [0.4, 0.5) is 0 Å². The molecule has 1 saturated heterocycles. The van der Waals surface area contributed by atoms with E-state index in [4.69, 9.17) is 9.31 Å². The van der Waals surface area contributed by atoms with Crippen molar-refractivity contribution >= 4 is 72.5 Å². The average molecular weight is 645 g/mol. The first kappa shape index (κ1) is 30.7. The van der Waals surface area contributed by atoms with Crippen molar-refractivity contribution in [2.45, 2.75) is 91.3 Å². The number of aromatic amines is 1. The first-order valence-corrected chi connectivity index (χ1v) is 17.7. The summed E-state index contributed by atoms with van der Waals surface area (Å²) < 4.78 is 15.9. The van der Waals surface area contributed by atoms with Gasteiger partial charge in [-0.3, -0.25) is 0 Å². The smallest absolute Gasteiger partial charge is 0.399 e. The summed E-state index contributed by atoms with van der Waals surface area (Å²) in [6.07, 6.45) is 0. The van der Waals surface area contributed by atoms with Gasteiger partial charge >= 0.3 is 7.12 Å². The third-order valence-corrected chi connectivity index (χ3v) is 11.6. The Morgan fingerprint density at radius 2 is 1.18 bits per heavy atom. The van der Waals surface area contributed by atoms with Crippen LogP contribution in [0.3, 0.4) is 0 Å². The molecule has 0 amide bonds. The highest BCUT2D eigenvalue weighted by Crippen LogP contribution is 2.45. The molecule has 3 aromatic heterocycles. The highest BCUT2D eigenvalue weighted by atomic mass is 16.7. The maximum absolute atomic E-state index is 6.68. The average Bonchev–Trinajstić information content (AvgIpc) is 3.73. The summed E-state index contributed by atoms with van der Waals surface area (Å²) in [5.74, 6) is 0. The van der Waals surface area contributed by atoms with Crippen LogP contribution < -0.4 is 5.46 Å². The van der Waals surface area contributed by atoms with Gasteiger partial charge in [-0.1, -0.05) is 84.0 Å². The standard InChI is InChI=1S/C44H45BN2O2/c1-41(2,3)27-16-17-37-30(20-27)33-21-28(42(4,5)6)22-34-31-23-29-32-18-26(25-14-12-11-13-15-25)19-35(45-48-43(7,8)44(9,10)49-45)39(32)46-36(29)24-38(31)47(37)40(33)34/h11-24,46H,1-10H3. The van der Waals surface area contributed by atoms with E-state index in [2.05, 4.69) is 164 Å². The summed E-state index contributed by atoms with van der Waals surface area (Å²) in [6.45, 7) is 22.4. The van der Waals surface area contributed by atoms with Crippen molar-refractivity contribution in [1.29, 1.82) is 0 Å². The molecule has 0 spiro atoms. The zero-order valence-corrected chi connectivity index (χ0v) is 30.4. The molecule has 4 nitrogen and oxygen atoms in total. The Hall–Kier alpha value is -4.32. The Labute approximate surface area is 288 Å². The van der Waals surface area contributed by atoms with Crippen molar-refractivity contribution in [2.24, 2.45) is 0 Å². The first-order chi connectivity index (χ1) is 23.0. The van der Waals surface area contributed by atoms with E-state index in [1.165, 1.54) is 65.6 Å². The molecule has 5 aromatic carbocycles. The van der Waals surface area contributed by atoms with Crippen molar-refractivity contribution < 1.29 is 9.31 Å². The van der Waals surface area contributed by atoms with Crippen molar-refractivity contribution in [1.82, 2.24) is 9.38 Å². The van der Waals surface area contributed by atoms with Crippen LogP contribution in [0.5, 0.6) is 0 Å². The van der Waals surface area contributed by atoms with Crippen molar-refractivity contribution in [3.05, 3.63) is 96.1 Å². The minimum atomic E-state index is -0.490. The molecule has 1 aliphatic rings. The fourth-order valence-electron chi connectivity index (χ4n) is 7.92. The lowest BCUT2D eigenvalue weighted by atomic mass is 9.76. The molecule has 0 unspecified atom stereocenters. The van der Waals surface area contributed by atoms with Crippen molar-refractivity contribution in [3.63, 3.8) is 0 Å². The molecule has 0 radical (unpaired) electrons. The lowest BCUT2D eigenvalue weighted by Crippen LogP contribution is -2.41. The lowest BCUT2D eigenvalue weighted by Gasteiger charge is -2.32. The summed E-state index contributed by atoms with van der Waals surface area (Å²) in [7, 11) is -0.490. The molecule has 1 fully saturated rings. The summed E-state index contributed by atoms with van der Waals surface area (Å²) in [4.78, 5) is 3.88. The van der Waals surface area contributed by atoms with Crippen LogP contribution in [-0.4, -0.2) is 27.7 Å². The Morgan fingerprint density at radius 1 is 0.571 bits per heavy atom. The summed E-state index contributed by atoms with van der Waals surface area (Å²) >= 11 is 0. The second kappa shape index (κ2) is 9.68. The second-order valence-corrected chi connectivity index (χ2v) is 17.5. The van der Waals surface area contributed by atoms with Gasteiger partial charge in [0.1, 0.15) is 0 Å². The Bertz CT molecular complexity index is 2610. The van der Waals surface area contributed by atoms with Gasteiger partial charge in [0.2, 0.25) is 0 Å². The van der Waals surface area contributed by atoms with E-state index in [0.29, 0.717) is 0 Å². The minimum absolute atomic E-state index is 0.0106. The van der Waals surface area contributed by atoms with Crippen LogP contribution in [0.1, 0.15) is 80.4 Å². The molecule has 0 bridgehead atoms. The summed E-state index contributed by atoms with van der Waals surface area (Å²) in [5.41, 5.74) is 11.2. The molecule has 49 heavy (non-hydrogen) atoms. The highest BCUT2D eigenvalue weighted by molar-refractivity contribution is 6.65. The van der Waals surface area contributed by atoms with Crippen molar-refractivity contribution in [2.75, 3.05) is 0 Å². The number of H-pyrrole nitrogens is 1. The summed E-state index contributed by atoms with van der Waals surface area (Å²) in [6, 6.07) is 32.0. The van der Waals surface area contributed by atoms with E-state index in [1.807, 2.05) is 0 Å². The largest absolute Gasteiger partial charge is 0.497 e. The maximum atomic E-state index is 6.68. The van der Waals surface area contributed by atoms with Crippen LogP contribution in [0, 0.1) is 0 Å². The van der Waals surface area contributed by atoms with E-state index in [0.717, 1.165) is 22.1 Å². The van der Waals surface area contributed by atoms with Crippen LogP contribution in [0.25, 0.3) is 71.0 Å². The van der Waals surface area contributed by atoms with Gasteiger partial charge in [-0.25, -0.2) is 0 Å². The molecule has 0 aliphatic carbocycles. The molecule has 8 aromatic rings. The van der Waals surface area contributed by atoms with E-state index < -0.39 is 18.3 Å². The monoisotopic (exact) mass is 644 g/mol.